The van der Waals surface area contributed by atoms with E-state index in [1.807, 2.05) is 36.4 Å². The lowest BCUT2D eigenvalue weighted by Gasteiger charge is -2.15. The SMILES string of the molecule is CCCC(C(=O)OCCCCc1ccccc1)c1ccccc1. The summed E-state index contributed by atoms with van der Waals surface area (Å²) in [4.78, 5) is 12.3. The minimum absolute atomic E-state index is 0.0854. The highest BCUT2D eigenvalue weighted by molar-refractivity contribution is 5.78. The van der Waals surface area contributed by atoms with Gasteiger partial charge in [0.15, 0.2) is 0 Å². The summed E-state index contributed by atoms with van der Waals surface area (Å²) < 4.78 is 5.51. The van der Waals surface area contributed by atoms with E-state index in [1.165, 1.54) is 5.56 Å². The zero-order valence-corrected chi connectivity index (χ0v) is 13.9. The van der Waals surface area contributed by atoms with Crippen molar-refractivity contribution in [2.24, 2.45) is 0 Å². The van der Waals surface area contributed by atoms with Crippen LogP contribution in [-0.2, 0) is 16.0 Å². The molecule has 0 aromatic heterocycles. The largest absolute Gasteiger partial charge is 0.465 e. The van der Waals surface area contributed by atoms with Crippen molar-refractivity contribution in [1.29, 1.82) is 0 Å². The van der Waals surface area contributed by atoms with Crippen molar-refractivity contribution in [2.75, 3.05) is 6.61 Å². The van der Waals surface area contributed by atoms with Crippen molar-refractivity contribution in [3.63, 3.8) is 0 Å². The summed E-state index contributed by atoms with van der Waals surface area (Å²) in [5, 5.41) is 0. The van der Waals surface area contributed by atoms with Gasteiger partial charge >= 0.3 is 5.97 Å². The lowest BCUT2D eigenvalue weighted by molar-refractivity contribution is -0.145. The van der Waals surface area contributed by atoms with E-state index in [2.05, 4.69) is 31.2 Å². The van der Waals surface area contributed by atoms with E-state index < -0.39 is 0 Å². The molecule has 23 heavy (non-hydrogen) atoms. The van der Waals surface area contributed by atoms with E-state index >= 15 is 0 Å². The second-order valence-electron chi connectivity index (χ2n) is 5.86. The molecule has 0 saturated carbocycles. The fourth-order valence-corrected chi connectivity index (χ4v) is 2.74. The number of ether oxygens (including phenoxy) is 1. The van der Waals surface area contributed by atoms with Crippen molar-refractivity contribution in [1.82, 2.24) is 0 Å². The molecule has 0 N–H and O–H groups in total. The van der Waals surface area contributed by atoms with Gasteiger partial charge < -0.3 is 4.74 Å². The number of carbonyl (C=O) groups is 1. The molecule has 1 unspecified atom stereocenters. The molecule has 0 aliphatic rings. The maximum atomic E-state index is 12.3. The third kappa shape index (κ3) is 5.90. The van der Waals surface area contributed by atoms with Crippen LogP contribution in [0.1, 0.15) is 49.7 Å². The molecule has 0 radical (unpaired) electrons. The molecule has 0 spiro atoms. The molecule has 2 aromatic rings. The van der Waals surface area contributed by atoms with Gasteiger partial charge in [0.05, 0.1) is 12.5 Å². The Morgan fingerprint density at radius 3 is 2.26 bits per heavy atom. The molecule has 2 aromatic carbocycles. The van der Waals surface area contributed by atoms with Gasteiger partial charge in [-0.15, -0.1) is 0 Å². The van der Waals surface area contributed by atoms with Crippen LogP contribution in [-0.4, -0.2) is 12.6 Å². The summed E-state index contributed by atoms with van der Waals surface area (Å²) >= 11 is 0. The Labute approximate surface area is 139 Å². The highest BCUT2D eigenvalue weighted by Crippen LogP contribution is 2.22. The van der Waals surface area contributed by atoms with Gasteiger partial charge in [-0.2, -0.15) is 0 Å². The van der Waals surface area contributed by atoms with Crippen molar-refractivity contribution in [2.45, 2.75) is 44.9 Å². The van der Waals surface area contributed by atoms with Crippen molar-refractivity contribution >= 4 is 5.97 Å². The normalized spacial score (nSPS) is 11.9. The zero-order chi connectivity index (χ0) is 16.3. The van der Waals surface area contributed by atoms with Crippen LogP contribution in [0.15, 0.2) is 60.7 Å². The Morgan fingerprint density at radius 2 is 1.61 bits per heavy atom. The number of rotatable bonds is 9. The summed E-state index contributed by atoms with van der Waals surface area (Å²) in [5.41, 5.74) is 2.40. The number of unbranched alkanes of at least 4 members (excludes halogenated alkanes) is 1. The first-order chi connectivity index (χ1) is 11.3. The van der Waals surface area contributed by atoms with Gasteiger partial charge in [-0.05, 0) is 36.8 Å². The van der Waals surface area contributed by atoms with E-state index in [-0.39, 0.29) is 11.9 Å². The average molecular weight is 310 g/mol. The quantitative estimate of drug-likeness (QED) is 0.474. The summed E-state index contributed by atoms with van der Waals surface area (Å²) in [6, 6.07) is 20.4. The summed E-state index contributed by atoms with van der Waals surface area (Å²) in [5.74, 6) is -0.215. The van der Waals surface area contributed by atoms with Gasteiger partial charge in [0.2, 0.25) is 0 Å². The minimum atomic E-state index is -0.129. The maximum Gasteiger partial charge on any atom is 0.313 e. The number of hydrogen-bond acceptors (Lipinski definition) is 2. The van der Waals surface area contributed by atoms with Crippen LogP contribution in [0.3, 0.4) is 0 Å². The molecule has 2 heteroatoms. The van der Waals surface area contributed by atoms with E-state index in [4.69, 9.17) is 4.74 Å². The Kier molecular flexibility index (Phi) is 7.38. The monoisotopic (exact) mass is 310 g/mol. The van der Waals surface area contributed by atoms with Crippen LogP contribution < -0.4 is 0 Å². The lowest BCUT2D eigenvalue weighted by Crippen LogP contribution is -2.16. The van der Waals surface area contributed by atoms with Crippen LogP contribution >= 0.6 is 0 Å². The molecule has 0 saturated heterocycles. The fourth-order valence-electron chi connectivity index (χ4n) is 2.74. The van der Waals surface area contributed by atoms with Crippen LogP contribution in [0.2, 0.25) is 0 Å². The number of benzene rings is 2. The van der Waals surface area contributed by atoms with E-state index in [1.54, 1.807) is 0 Å². The summed E-state index contributed by atoms with van der Waals surface area (Å²) in [6.45, 7) is 2.61. The molecule has 0 aliphatic heterocycles. The topological polar surface area (TPSA) is 26.3 Å². The summed E-state index contributed by atoms with van der Waals surface area (Å²) in [7, 11) is 0. The molecule has 122 valence electrons. The Bertz CT molecular complexity index is 563. The van der Waals surface area contributed by atoms with E-state index in [0.717, 1.165) is 37.7 Å². The molecule has 0 amide bonds. The Morgan fingerprint density at radius 1 is 0.957 bits per heavy atom. The molecular formula is C21H26O2. The number of hydrogen-bond donors (Lipinski definition) is 0. The fraction of sp³-hybridized carbons (Fsp3) is 0.381. The second kappa shape index (κ2) is 9.83. The molecule has 0 heterocycles. The molecule has 2 nitrogen and oxygen atoms in total. The molecule has 0 aliphatic carbocycles. The Balaban J connectivity index is 1.74. The van der Waals surface area contributed by atoms with Gasteiger partial charge in [0, 0.05) is 0 Å². The van der Waals surface area contributed by atoms with Gasteiger partial charge in [0.1, 0.15) is 0 Å². The number of aryl methyl sites for hydroxylation is 1. The highest BCUT2D eigenvalue weighted by Gasteiger charge is 2.20. The van der Waals surface area contributed by atoms with Gasteiger partial charge in [-0.25, -0.2) is 0 Å². The minimum Gasteiger partial charge on any atom is -0.465 e. The molecule has 0 bridgehead atoms. The van der Waals surface area contributed by atoms with Crippen molar-refractivity contribution in [3.05, 3.63) is 71.8 Å². The lowest BCUT2D eigenvalue weighted by atomic mass is 9.95. The van der Waals surface area contributed by atoms with Crippen molar-refractivity contribution < 1.29 is 9.53 Å². The van der Waals surface area contributed by atoms with E-state index in [0.29, 0.717) is 6.61 Å². The van der Waals surface area contributed by atoms with Crippen LogP contribution in [0.25, 0.3) is 0 Å². The van der Waals surface area contributed by atoms with Crippen LogP contribution in [0, 0.1) is 0 Å². The maximum absolute atomic E-state index is 12.3. The van der Waals surface area contributed by atoms with Crippen molar-refractivity contribution in [3.8, 4) is 0 Å². The summed E-state index contributed by atoms with van der Waals surface area (Å²) in [6.07, 6.45) is 4.81. The van der Waals surface area contributed by atoms with Gasteiger partial charge in [-0.1, -0.05) is 74.0 Å². The predicted octanol–water partition coefficient (Wildman–Crippen LogP) is 5.14. The smallest absolute Gasteiger partial charge is 0.313 e. The standard InChI is InChI=1S/C21H26O2/c1-2-11-20(19-15-7-4-8-16-19)21(22)23-17-10-9-14-18-12-5-3-6-13-18/h3-8,12-13,15-16,20H,2,9-11,14,17H2,1H3. The molecule has 2 rings (SSSR count). The number of carbonyl (C=O) groups excluding carboxylic acids is 1. The van der Waals surface area contributed by atoms with E-state index in [9.17, 15) is 4.79 Å². The second-order valence-corrected chi connectivity index (χ2v) is 5.86. The number of esters is 1. The average Bonchev–Trinajstić information content (AvgIpc) is 2.61. The Hall–Kier alpha value is -2.09. The first-order valence-electron chi connectivity index (χ1n) is 8.56. The molecule has 0 fully saturated rings. The third-order valence-corrected chi connectivity index (χ3v) is 4.01. The predicted molar refractivity (Wildman–Crippen MR) is 94.4 cm³/mol. The third-order valence-electron chi connectivity index (χ3n) is 4.01. The first kappa shape index (κ1) is 17.3. The van der Waals surface area contributed by atoms with Gasteiger partial charge in [-0.3, -0.25) is 4.79 Å². The zero-order valence-electron chi connectivity index (χ0n) is 13.9. The first-order valence-corrected chi connectivity index (χ1v) is 8.56. The molecular weight excluding hydrogens is 284 g/mol. The van der Waals surface area contributed by atoms with Crippen LogP contribution in [0.4, 0.5) is 0 Å². The van der Waals surface area contributed by atoms with Gasteiger partial charge in [0.25, 0.3) is 0 Å². The molecule has 1 atom stereocenters. The highest BCUT2D eigenvalue weighted by atomic mass is 16.5. The van der Waals surface area contributed by atoms with Crippen LogP contribution in [0.5, 0.6) is 0 Å².